The molecule has 0 spiro atoms. The number of hydrogen-bond donors (Lipinski definition) is 2. The lowest BCUT2D eigenvalue weighted by molar-refractivity contribution is 0.0893. The van der Waals surface area contributed by atoms with E-state index in [2.05, 4.69) is 15.8 Å². The molecule has 1 aromatic rings. The fraction of sp³-hybridized carbons (Fsp3) is 0.600. The lowest BCUT2D eigenvalue weighted by Gasteiger charge is -2.23. The molecule has 0 bridgehead atoms. The van der Waals surface area contributed by atoms with Gasteiger partial charge in [-0.05, 0) is 26.3 Å². The zero-order valence-corrected chi connectivity index (χ0v) is 8.75. The second-order valence-electron chi connectivity index (χ2n) is 3.85. The molecule has 0 saturated carbocycles. The zero-order valence-electron chi connectivity index (χ0n) is 8.75. The van der Waals surface area contributed by atoms with Crippen LogP contribution in [0, 0.1) is 6.92 Å². The van der Waals surface area contributed by atoms with Crippen LogP contribution in [-0.2, 0) is 0 Å². The zero-order chi connectivity index (χ0) is 10.7. The van der Waals surface area contributed by atoms with Crippen LogP contribution < -0.4 is 10.6 Å². The summed E-state index contributed by atoms with van der Waals surface area (Å²) < 4.78 is 4.89. The van der Waals surface area contributed by atoms with E-state index in [-0.39, 0.29) is 17.7 Å². The lowest BCUT2D eigenvalue weighted by atomic mass is 10.1. The van der Waals surface area contributed by atoms with Crippen LogP contribution in [0.15, 0.2) is 10.6 Å². The predicted octanol–water partition coefficient (Wildman–Crippen LogP) is 0.465. The van der Waals surface area contributed by atoms with Crippen LogP contribution >= 0.6 is 0 Å². The molecule has 1 aliphatic rings. The molecule has 1 saturated heterocycles. The van der Waals surface area contributed by atoms with Gasteiger partial charge in [-0.25, -0.2) is 0 Å². The summed E-state index contributed by atoms with van der Waals surface area (Å²) in [6.07, 6.45) is 2.12. The van der Waals surface area contributed by atoms with Crippen LogP contribution in [0.1, 0.15) is 29.1 Å². The number of carbonyl (C=O) groups is 1. The first kappa shape index (κ1) is 10.2. The number of rotatable bonds is 2. The summed E-state index contributed by atoms with van der Waals surface area (Å²) in [5, 5.41) is 9.83. The third-order valence-corrected chi connectivity index (χ3v) is 2.48. The summed E-state index contributed by atoms with van der Waals surface area (Å²) in [5.41, 5.74) is 0.724. The topological polar surface area (TPSA) is 67.2 Å². The average molecular weight is 209 g/mol. The van der Waals surface area contributed by atoms with Gasteiger partial charge in [-0.2, -0.15) is 0 Å². The number of aromatic nitrogens is 1. The van der Waals surface area contributed by atoms with Crippen LogP contribution in [0.3, 0.4) is 0 Å². The van der Waals surface area contributed by atoms with Gasteiger partial charge in [-0.1, -0.05) is 5.16 Å². The van der Waals surface area contributed by atoms with Gasteiger partial charge in [-0.3, -0.25) is 4.79 Å². The van der Waals surface area contributed by atoms with E-state index in [9.17, 15) is 4.79 Å². The Balaban J connectivity index is 1.91. The molecule has 2 heterocycles. The van der Waals surface area contributed by atoms with Gasteiger partial charge in [0.25, 0.3) is 5.91 Å². The van der Waals surface area contributed by atoms with Gasteiger partial charge in [0.15, 0.2) is 0 Å². The Labute approximate surface area is 88.2 Å². The summed E-state index contributed by atoms with van der Waals surface area (Å²) in [5.74, 6) is 0.113. The Bertz CT molecular complexity index is 342. The van der Waals surface area contributed by atoms with Crippen molar-refractivity contribution in [3.63, 3.8) is 0 Å². The standard InChI is InChI=1S/C10H15N3O2/c1-7-5-9(15-13-7)10(14)12-8-3-2-4-11-6-8/h5,8,11H,2-4,6H2,1H3,(H,12,14)/t8-/m0/s1. The molecule has 0 aliphatic carbocycles. The maximum absolute atomic E-state index is 11.7. The van der Waals surface area contributed by atoms with Crippen LogP contribution in [0.4, 0.5) is 0 Å². The Morgan fingerprint density at radius 3 is 3.20 bits per heavy atom. The molecular formula is C10H15N3O2. The fourth-order valence-electron chi connectivity index (χ4n) is 1.70. The van der Waals surface area contributed by atoms with E-state index in [0.29, 0.717) is 0 Å². The normalized spacial score (nSPS) is 21.3. The molecule has 1 amide bonds. The Hall–Kier alpha value is -1.36. The van der Waals surface area contributed by atoms with E-state index in [1.807, 2.05) is 0 Å². The SMILES string of the molecule is Cc1cc(C(=O)N[C@H]2CCCNC2)on1. The molecular weight excluding hydrogens is 194 g/mol. The van der Waals surface area contributed by atoms with Gasteiger partial charge in [0.1, 0.15) is 0 Å². The van der Waals surface area contributed by atoms with Crippen molar-refractivity contribution in [2.24, 2.45) is 0 Å². The first-order valence-electron chi connectivity index (χ1n) is 5.20. The number of nitrogens with zero attached hydrogens (tertiary/aromatic N) is 1. The van der Waals surface area contributed by atoms with E-state index < -0.39 is 0 Å². The molecule has 0 radical (unpaired) electrons. The summed E-state index contributed by atoms with van der Waals surface area (Å²) in [6, 6.07) is 1.85. The fourth-order valence-corrected chi connectivity index (χ4v) is 1.70. The number of carbonyl (C=O) groups excluding carboxylic acids is 1. The van der Waals surface area contributed by atoms with Gasteiger partial charge >= 0.3 is 0 Å². The molecule has 1 aliphatic heterocycles. The van der Waals surface area contributed by atoms with E-state index >= 15 is 0 Å². The highest BCUT2D eigenvalue weighted by molar-refractivity contribution is 5.91. The summed E-state index contributed by atoms with van der Waals surface area (Å²) in [4.78, 5) is 11.7. The van der Waals surface area contributed by atoms with Crippen LogP contribution in [0.2, 0.25) is 0 Å². The van der Waals surface area contributed by atoms with Crippen molar-refractivity contribution in [3.05, 3.63) is 17.5 Å². The van der Waals surface area contributed by atoms with E-state index in [4.69, 9.17) is 4.52 Å². The minimum absolute atomic E-state index is 0.177. The third kappa shape index (κ3) is 2.56. The van der Waals surface area contributed by atoms with E-state index in [1.54, 1.807) is 13.0 Å². The second-order valence-corrected chi connectivity index (χ2v) is 3.85. The van der Waals surface area contributed by atoms with Crippen molar-refractivity contribution in [1.82, 2.24) is 15.8 Å². The van der Waals surface area contributed by atoms with Gasteiger partial charge in [0, 0.05) is 18.7 Å². The second kappa shape index (κ2) is 4.44. The lowest BCUT2D eigenvalue weighted by Crippen LogP contribution is -2.45. The minimum Gasteiger partial charge on any atom is -0.351 e. The monoisotopic (exact) mass is 209 g/mol. The molecule has 5 nitrogen and oxygen atoms in total. The van der Waals surface area contributed by atoms with Crippen molar-refractivity contribution in [2.75, 3.05) is 13.1 Å². The first-order valence-corrected chi connectivity index (χ1v) is 5.20. The van der Waals surface area contributed by atoms with Crippen LogP contribution in [0.5, 0.6) is 0 Å². The molecule has 1 atom stereocenters. The van der Waals surface area contributed by atoms with Crippen LogP contribution in [0.25, 0.3) is 0 Å². The number of piperidine rings is 1. The molecule has 15 heavy (non-hydrogen) atoms. The molecule has 2 rings (SSSR count). The molecule has 2 N–H and O–H groups in total. The maximum Gasteiger partial charge on any atom is 0.290 e. The van der Waals surface area contributed by atoms with Gasteiger partial charge in [0.05, 0.1) is 5.69 Å². The van der Waals surface area contributed by atoms with Crippen molar-refractivity contribution < 1.29 is 9.32 Å². The van der Waals surface area contributed by atoms with Gasteiger partial charge in [-0.15, -0.1) is 0 Å². The molecule has 0 unspecified atom stereocenters. The maximum atomic E-state index is 11.7. The summed E-state index contributed by atoms with van der Waals surface area (Å²) in [7, 11) is 0. The van der Waals surface area contributed by atoms with Crippen molar-refractivity contribution in [3.8, 4) is 0 Å². The van der Waals surface area contributed by atoms with Crippen molar-refractivity contribution in [2.45, 2.75) is 25.8 Å². The quantitative estimate of drug-likeness (QED) is 0.742. The highest BCUT2D eigenvalue weighted by Gasteiger charge is 2.18. The summed E-state index contributed by atoms with van der Waals surface area (Å²) in [6.45, 7) is 3.66. The smallest absolute Gasteiger partial charge is 0.290 e. The Morgan fingerprint density at radius 2 is 2.60 bits per heavy atom. The highest BCUT2D eigenvalue weighted by Crippen LogP contribution is 2.05. The molecule has 82 valence electrons. The Kier molecular flexibility index (Phi) is 3.01. The molecule has 0 aromatic carbocycles. The third-order valence-electron chi connectivity index (χ3n) is 2.48. The molecule has 5 heteroatoms. The number of aryl methyl sites for hydroxylation is 1. The van der Waals surface area contributed by atoms with Crippen molar-refractivity contribution in [1.29, 1.82) is 0 Å². The molecule has 1 fully saturated rings. The largest absolute Gasteiger partial charge is 0.351 e. The summed E-state index contributed by atoms with van der Waals surface area (Å²) >= 11 is 0. The number of amides is 1. The number of hydrogen-bond acceptors (Lipinski definition) is 4. The highest BCUT2D eigenvalue weighted by atomic mass is 16.5. The van der Waals surface area contributed by atoms with E-state index in [1.165, 1.54) is 0 Å². The average Bonchev–Trinajstić information content (AvgIpc) is 2.66. The first-order chi connectivity index (χ1) is 7.25. The van der Waals surface area contributed by atoms with Gasteiger partial charge < -0.3 is 15.2 Å². The van der Waals surface area contributed by atoms with E-state index in [0.717, 1.165) is 31.6 Å². The minimum atomic E-state index is -0.177. The van der Waals surface area contributed by atoms with Crippen LogP contribution in [-0.4, -0.2) is 30.2 Å². The predicted molar refractivity (Wildman–Crippen MR) is 54.6 cm³/mol. The van der Waals surface area contributed by atoms with Gasteiger partial charge in [0.2, 0.25) is 5.76 Å². The Morgan fingerprint density at radius 1 is 1.73 bits per heavy atom. The van der Waals surface area contributed by atoms with Crippen molar-refractivity contribution >= 4 is 5.91 Å². The number of nitrogens with one attached hydrogen (secondary N) is 2. The molecule has 1 aromatic heterocycles.